The van der Waals surface area contributed by atoms with Crippen molar-refractivity contribution in [3.05, 3.63) is 90.0 Å². The normalized spacial score (nSPS) is 14.1. The maximum Gasteiger partial charge on any atom is 0.331 e. The molecule has 10 nitrogen and oxygen atoms in total. The standard InChI is InChI=1S/C35H39N3O7/c1-25(39)45-36-31(11-7-8-12-32(40)41)33(42)26-13-17-29(18-14-26)38(28-9-5-4-6-10-28)30-19-15-27(16-20-30)34(43)35(2,3)37-21-23-44-24-22-37/h4-6,9-10,13-20H,7-8,11-12,21-24H2,1-3H3,(H,40,41)/b36-31+. The summed E-state index contributed by atoms with van der Waals surface area (Å²) in [6, 6.07) is 24.2. The van der Waals surface area contributed by atoms with Crippen LogP contribution >= 0.6 is 0 Å². The lowest BCUT2D eigenvalue weighted by Gasteiger charge is -2.39. The minimum atomic E-state index is -0.920. The van der Waals surface area contributed by atoms with Gasteiger partial charge in [-0.05, 0) is 93.8 Å². The number of Topliss-reactive ketones (excluding diaryl/α,β-unsaturated/α-hetero) is 2. The zero-order valence-electron chi connectivity index (χ0n) is 25.9. The molecule has 0 bridgehead atoms. The summed E-state index contributed by atoms with van der Waals surface area (Å²) >= 11 is 0. The number of carbonyl (C=O) groups is 4. The number of carboxylic acids is 1. The lowest BCUT2D eigenvalue weighted by molar-refractivity contribution is -0.141. The summed E-state index contributed by atoms with van der Waals surface area (Å²) in [6.07, 6.45) is 0.909. The van der Waals surface area contributed by atoms with Crippen LogP contribution in [0.1, 0.15) is 67.2 Å². The van der Waals surface area contributed by atoms with E-state index in [9.17, 15) is 19.2 Å². The van der Waals surface area contributed by atoms with Gasteiger partial charge in [0.05, 0.1) is 18.8 Å². The van der Waals surface area contributed by atoms with E-state index in [4.69, 9.17) is 14.7 Å². The lowest BCUT2D eigenvalue weighted by atomic mass is 9.90. The Hall–Kier alpha value is -4.67. The SMILES string of the molecule is CC(=O)O/N=C(\CCCCC(=O)O)C(=O)c1ccc(N(c2ccccc2)c2ccc(C(=O)C(C)(C)N3CCOCC3)cc2)cc1. The molecule has 0 spiro atoms. The first-order valence-electron chi connectivity index (χ1n) is 15.0. The molecule has 1 aliphatic rings. The second kappa shape index (κ2) is 15.4. The van der Waals surface area contributed by atoms with Gasteiger partial charge < -0.3 is 19.6 Å². The van der Waals surface area contributed by atoms with E-state index in [1.807, 2.05) is 85.5 Å². The van der Waals surface area contributed by atoms with Crippen molar-refractivity contribution in [3.8, 4) is 0 Å². The predicted molar refractivity (Wildman–Crippen MR) is 172 cm³/mol. The highest BCUT2D eigenvalue weighted by Gasteiger charge is 2.36. The van der Waals surface area contributed by atoms with E-state index in [2.05, 4.69) is 10.1 Å². The monoisotopic (exact) mass is 613 g/mol. The second-order valence-electron chi connectivity index (χ2n) is 11.3. The van der Waals surface area contributed by atoms with Gasteiger partial charge in [0.25, 0.3) is 0 Å². The van der Waals surface area contributed by atoms with Gasteiger partial charge in [0.15, 0.2) is 5.78 Å². The Labute approximate surface area is 263 Å². The van der Waals surface area contributed by atoms with Gasteiger partial charge >= 0.3 is 11.9 Å². The topological polar surface area (TPSA) is 126 Å². The smallest absolute Gasteiger partial charge is 0.331 e. The number of carbonyl (C=O) groups excluding carboxylic acids is 3. The number of nitrogens with zero attached hydrogens (tertiary/aromatic N) is 3. The maximum atomic E-state index is 13.5. The third kappa shape index (κ3) is 8.71. The van der Waals surface area contributed by atoms with Crippen molar-refractivity contribution in [2.75, 3.05) is 31.2 Å². The number of aliphatic carboxylic acids is 1. The summed E-state index contributed by atoms with van der Waals surface area (Å²) in [7, 11) is 0. The highest BCUT2D eigenvalue weighted by Crippen LogP contribution is 2.35. The van der Waals surface area contributed by atoms with E-state index in [0.29, 0.717) is 50.3 Å². The quantitative estimate of drug-likeness (QED) is 0.0744. The summed E-state index contributed by atoms with van der Waals surface area (Å²) in [5.41, 5.74) is 2.85. The summed E-state index contributed by atoms with van der Waals surface area (Å²) in [6.45, 7) is 7.73. The fourth-order valence-electron chi connectivity index (χ4n) is 5.22. The molecular formula is C35H39N3O7. The summed E-state index contributed by atoms with van der Waals surface area (Å²) in [4.78, 5) is 58.0. The number of hydrogen-bond donors (Lipinski definition) is 1. The molecule has 0 aliphatic carbocycles. The molecule has 0 atom stereocenters. The van der Waals surface area contributed by atoms with E-state index in [-0.39, 0.29) is 24.3 Å². The van der Waals surface area contributed by atoms with Crippen LogP contribution < -0.4 is 4.90 Å². The van der Waals surface area contributed by atoms with Gasteiger partial charge in [0.1, 0.15) is 5.71 Å². The summed E-state index contributed by atoms with van der Waals surface area (Å²) in [5, 5.41) is 12.7. The highest BCUT2D eigenvalue weighted by atomic mass is 16.7. The van der Waals surface area contributed by atoms with Gasteiger partial charge in [-0.2, -0.15) is 0 Å². The Morgan fingerprint density at radius 3 is 1.91 bits per heavy atom. The third-order valence-corrected chi connectivity index (χ3v) is 7.75. The van der Waals surface area contributed by atoms with Crippen LogP contribution in [-0.2, 0) is 19.2 Å². The number of benzene rings is 3. The number of rotatable bonds is 14. The van der Waals surface area contributed by atoms with Gasteiger partial charge in [-0.15, -0.1) is 0 Å². The number of hydrogen-bond acceptors (Lipinski definition) is 9. The third-order valence-electron chi connectivity index (χ3n) is 7.75. The van der Waals surface area contributed by atoms with Crippen LogP contribution in [0.3, 0.4) is 0 Å². The first-order chi connectivity index (χ1) is 21.6. The Balaban J connectivity index is 1.58. The Bertz CT molecular complexity index is 1510. The number of ether oxygens (including phenoxy) is 1. The van der Waals surface area contributed by atoms with Crippen molar-refractivity contribution in [3.63, 3.8) is 0 Å². The number of oxime groups is 1. The molecule has 0 unspecified atom stereocenters. The number of para-hydroxylation sites is 1. The molecule has 10 heteroatoms. The predicted octanol–water partition coefficient (Wildman–Crippen LogP) is 6.20. The maximum absolute atomic E-state index is 13.5. The first kappa shape index (κ1) is 33.2. The Morgan fingerprint density at radius 1 is 0.822 bits per heavy atom. The molecule has 1 aliphatic heterocycles. The molecule has 4 rings (SSSR count). The van der Waals surface area contributed by atoms with E-state index in [0.717, 1.165) is 17.1 Å². The fraction of sp³-hybridized carbons (Fsp3) is 0.343. The average molecular weight is 614 g/mol. The molecule has 1 fully saturated rings. The van der Waals surface area contributed by atoms with Crippen molar-refractivity contribution in [2.24, 2.45) is 5.16 Å². The first-order valence-corrected chi connectivity index (χ1v) is 15.0. The Morgan fingerprint density at radius 2 is 1.36 bits per heavy atom. The summed E-state index contributed by atoms with van der Waals surface area (Å²) in [5.74, 6) is -1.94. The number of carboxylic acid groups (broad SMARTS) is 1. The van der Waals surface area contributed by atoms with Crippen LogP contribution in [-0.4, -0.2) is 71.1 Å². The van der Waals surface area contributed by atoms with Gasteiger partial charge in [-0.1, -0.05) is 23.4 Å². The molecule has 0 saturated carbocycles. The minimum absolute atomic E-state index is 0.0279. The Kier molecular flexibility index (Phi) is 11.3. The van der Waals surface area contributed by atoms with Crippen molar-refractivity contribution < 1.29 is 33.9 Å². The molecular weight excluding hydrogens is 574 g/mol. The van der Waals surface area contributed by atoms with Crippen molar-refractivity contribution in [1.82, 2.24) is 4.90 Å². The van der Waals surface area contributed by atoms with E-state index >= 15 is 0 Å². The lowest BCUT2D eigenvalue weighted by Crippen LogP contribution is -2.54. The minimum Gasteiger partial charge on any atom is -0.481 e. The molecule has 1 saturated heterocycles. The number of anilines is 3. The van der Waals surface area contributed by atoms with Crippen LogP contribution in [0.2, 0.25) is 0 Å². The van der Waals surface area contributed by atoms with Gasteiger partial charge in [-0.3, -0.25) is 19.3 Å². The van der Waals surface area contributed by atoms with Gasteiger partial charge in [-0.25, -0.2) is 4.79 Å². The number of unbranched alkanes of at least 4 members (excludes halogenated alkanes) is 1. The van der Waals surface area contributed by atoms with Crippen LogP contribution in [0.4, 0.5) is 17.1 Å². The van der Waals surface area contributed by atoms with Crippen molar-refractivity contribution in [2.45, 2.75) is 52.0 Å². The van der Waals surface area contributed by atoms with E-state index in [1.165, 1.54) is 6.92 Å². The molecule has 0 amide bonds. The molecule has 1 heterocycles. The largest absolute Gasteiger partial charge is 0.481 e. The molecule has 0 radical (unpaired) electrons. The average Bonchev–Trinajstić information content (AvgIpc) is 3.05. The molecule has 45 heavy (non-hydrogen) atoms. The second-order valence-corrected chi connectivity index (χ2v) is 11.3. The van der Waals surface area contributed by atoms with E-state index in [1.54, 1.807) is 12.1 Å². The zero-order chi connectivity index (χ0) is 32.4. The van der Waals surface area contributed by atoms with Crippen LogP contribution in [0, 0.1) is 0 Å². The zero-order valence-corrected chi connectivity index (χ0v) is 25.9. The molecule has 0 aromatic heterocycles. The molecule has 3 aromatic carbocycles. The van der Waals surface area contributed by atoms with Gasteiger partial charge in [0.2, 0.25) is 5.78 Å². The number of morpholine rings is 1. The molecule has 236 valence electrons. The number of ketones is 2. The highest BCUT2D eigenvalue weighted by molar-refractivity contribution is 6.45. The van der Waals surface area contributed by atoms with Gasteiger partial charge in [0, 0.05) is 54.6 Å². The molecule has 3 aromatic rings. The molecule has 1 N–H and O–H groups in total. The van der Waals surface area contributed by atoms with E-state index < -0.39 is 23.3 Å². The van der Waals surface area contributed by atoms with Crippen molar-refractivity contribution >= 4 is 46.3 Å². The van der Waals surface area contributed by atoms with Crippen molar-refractivity contribution in [1.29, 1.82) is 0 Å². The fourth-order valence-corrected chi connectivity index (χ4v) is 5.22. The van der Waals surface area contributed by atoms with Crippen LogP contribution in [0.25, 0.3) is 0 Å². The van der Waals surface area contributed by atoms with Crippen LogP contribution in [0.15, 0.2) is 84.0 Å². The summed E-state index contributed by atoms with van der Waals surface area (Å²) < 4.78 is 5.47. The van der Waals surface area contributed by atoms with Crippen LogP contribution in [0.5, 0.6) is 0 Å².